The van der Waals surface area contributed by atoms with Gasteiger partial charge in [0.05, 0.1) is 21.6 Å². The first-order valence-corrected chi connectivity index (χ1v) is 10.3. The predicted molar refractivity (Wildman–Crippen MR) is 119 cm³/mol. The molecule has 10 heteroatoms. The fraction of sp³-hybridized carbons (Fsp3) is 0.318. The molecule has 168 valence electrons. The number of nitro benzene ring substituents is 1. The Morgan fingerprint density at radius 3 is 2.66 bits per heavy atom. The number of anilines is 2. The lowest BCUT2D eigenvalue weighted by Crippen LogP contribution is -2.33. The molecule has 1 aliphatic heterocycles. The van der Waals surface area contributed by atoms with Gasteiger partial charge in [0.1, 0.15) is 0 Å². The van der Waals surface area contributed by atoms with Crippen LogP contribution in [0.15, 0.2) is 36.4 Å². The second kappa shape index (κ2) is 9.35. The Balaban J connectivity index is 1.62. The van der Waals surface area contributed by atoms with Crippen LogP contribution in [0.3, 0.4) is 0 Å². The highest BCUT2D eigenvalue weighted by Gasteiger charge is 2.38. The Labute approximate surface area is 189 Å². The molecule has 0 unspecified atom stereocenters. The molecule has 32 heavy (non-hydrogen) atoms. The quantitative estimate of drug-likeness (QED) is 0.398. The van der Waals surface area contributed by atoms with Gasteiger partial charge in [0.15, 0.2) is 6.10 Å². The first kappa shape index (κ1) is 23.2. The van der Waals surface area contributed by atoms with Crippen molar-refractivity contribution in [3.63, 3.8) is 0 Å². The molecule has 1 heterocycles. The fourth-order valence-electron chi connectivity index (χ4n) is 3.40. The standard InChI is InChI=1S/C22H22ClN3O6/c1-12-5-4-6-19(13(12)2)25-11-15(9-20(25)27)22(29)32-14(3)21(28)24-18-8-7-16(26(30)31)10-17(18)23/h4-8,10,14-15H,9,11H2,1-3H3,(H,24,28)/t14-,15+/m1/s1. The number of non-ortho nitro benzene ring substituents is 1. The third kappa shape index (κ3) is 4.88. The molecule has 0 radical (unpaired) electrons. The van der Waals surface area contributed by atoms with Crippen LogP contribution in [-0.4, -0.2) is 35.4 Å². The summed E-state index contributed by atoms with van der Waals surface area (Å²) in [6.07, 6.45) is -1.16. The van der Waals surface area contributed by atoms with Gasteiger partial charge in [-0.15, -0.1) is 0 Å². The van der Waals surface area contributed by atoms with Gasteiger partial charge in [0.25, 0.3) is 11.6 Å². The van der Waals surface area contributed by atoms with E-state index in [4.69, 9.17) is 16.3 Å². The molecule has 2 aromatic rings. The van der Waals surface area contributed by atoms with E-state index in [1.165, 1.54) is 19.1 Å². The molecular formula is C22H22ClN3O6. The average Bonchev–Trinajstić information content (AvgIpc) is 3.12. The van der Waals surface area contributed by atoms with Gasteiger partial charge >= 0.3 is 5.97 Å². The number of amides is 2. The molecule has 2 amide bonds. The number of aryl methyl sites for hydroxylation is 1. The number of hydrogen-bond acceptors (Lipinski definition) is 6. The van der Waals surface area contributed by atoms with E-state index in [9.17, 15) is 24.5 Å². The van der Waals surface area contributed by atoms with Gasteiger partial charge in [-0.2, -0.15) is 0 Å². The van der Waals surface area contributed by atoms with Crippen molar-refractivity contribution in [1.82, 2.24) is 0 Å². The van der Waals surface area contributed by atoms with Gasteiger partial charge in [0.2, 0.25) is 5.91 Å². The van der Waals surface area contributed by atoms with Crippen molar-refractivity contribution in [1.29, 1.82) is 0 Å². The highest BCUT2D eigenvalue weighted by molar-refractivity contribution is 6.34. The smallest absolute Gasteiger partial charge is 0.312 e. The summed E-state index contributed by atoms with van der Waals surface area (Å²) >= 11 is 5.98. The van der Waals surface area contributed by atoms with Gasteiger partial charge in [-0.25, -0.2) is 0 Å². The summed E-state index contributed by atoms with van der Waals surface area (Å²) in [7, 11) is 0. The van der Waals surface area contributed by atoms with E-state index in [0.29, 0.717) is 0 Å². The number of nitrogens with zero attached hydrogens (tertiary/aromatic N) is 2. The summed E-state index contributed by atoms with van der Waals surface area (Å²) in [6.45, 7) is 5.43. The maximum Gasteiger partial charge on any atom is 0.312 e. The van der Waals surface area contributed by atoms with Crippen LogP contribution in [0.4, 0.5) is 17.1 Å². The molecule has 2 atom stereocenters. The number of halogens is 1. The van der Waals surface area contributed by atoms with Crippen molar-refractivity contribution in [3.8, 4) is 0 Å². The summed E-state index contributed by atoms with van der Waals surface area (Å²) in [5.41, 5.74) is 2.69. The molecule has 1 N–H and O–H groups in total. The van der Waals surface area contributed by atoms with Crippen molar-refractivity contribution in [3.05, 3.63) is 62.7 Å². The minimum Gasteiger partial charge on any atom is -0.452 e. The van der Waals surface area contributed by atoms with E-state index in [-0.39, 0.29) is 35.3 Å². The Hall–Kier alpha value is -3.46. The zero-order valence-electron chi connectivity index (χ0n) is 17.8. The monoisotopic (exact) mass is 459 g/mol. The van der Waals surface area contributed by atoms with Gasteiger partial charge < -0.3 is 15.0 Å². The molecule has 0 bridgehead atoms. The van der Waals surface area contributed by atoms with Crippen molar-refractivity contribution < 1.29 is 24.0 Å². The van der Waals surface area contributed by atoms with E-state index in [1.54, 1.807) is 4.90 Å². The number of nitrogens with one attached hydrogen (secondary N) is 1. The maximum absolute atomic E-state index is 12.6. The molecular weight excluding hydrogens is 438 g/mol. The van der Waals surface area contributed by atoms with Crippen LogP contribution in [0.5, 0.6) is 0 Å². The lowest BCUT2D eigenvalue weighted by atomic mass is 10.1. The minimum absolute atomic E-state index is 0.00522. The number of nitro groups is 1. The average molecular weight is 460 g/mol. The fourth-order valence-corrected chi connectivity index (χ4v) is 3.63. The van der Waals surface area contributed by atoms with Crippen LogP contribution in [0, 0.1) is 29.9 Å². The second-order valence-corrected chi connectivity index (χ2v) is 8.02. The van der Waals surface area contributed by atoms with Crippen molar-refractivity contribution in [2.45, 2.75) is 33.3 Å². The molecule has 1 fully saturated rings. The number of carbonyl (C=O) groups excluding carboxylic acids is 3. The zero-order valence-corrected chi connectivity index (χ0v) is 18.5. The summed E-state index contributed by atoms with van der Waals surface area (Å²) < 4.78 is 5.28. The largest absolute Gasteiger partial charge is 0.452 e. The highest BCUT2D eigenvalue weighted by atomic mass is 35.5. The topological polar surface area (TPSA) is 119 Å². The first-order chi connectivity index (χ1) is 15.1. The van der Waals surface area contributed by atoms with E-state index < -0.39 is 28.8 Å². The predicted octanol–water partition coefficient (Wildman–Crippen LogP) is 3.79. The molecule has 0 saturated carbocycles. The van der Waals surface area contributed by atoms with Gasteiger partial charge in [-0.3, -0.25) is 24.5 Å². The second-order valence-electron chi connectivity index (χ2n) is 7.61. The minimum atomic E-state index is -1.15. The zero-order chi connectivity index (χ0) is 23.6. The van der Waals surface area contributed by atoms with Crippen LogP contribution < -0.4 is 10.2 Å². The van der Waals surface area contributed by atoms with E-state index in [1.807, 2.05) is 32.0 Å². The summed E-state index contributed by atoms with van der Waals surface area (Å²) in [4.78, 5) is 49.3. The van der Waals surface area contributed by atoms with Crippen LogP contribution in [-0.2, 0) is 19.1 Å². The van der Waals surface area contributed by atoms with Crippen molar-refractivity contribution in [2.75, 3.05) is 16.8 Å². The molecule has 1 aliphatic rings. The number of hydrogen-bond donors (Lipinski definition) is 1. The molecule has 3 rings (SSSR count). The lowest BCUT2D eigenvalue weighted by Gasteiger charge is -2.20. The molecule has 0 aliphatic carbocycles. The number of ether oxygens (including phenoxy) is 1. The number of benzene rings is 2. The van der Waals surface area contributed by atoms with Crippen LogP contribution in [0.25, 0.3) is 0 Å². The third-order valence-electron chi connectivity index (χ3n) is 5.41. The molecule has 0 spiro atoms. The number of rotatable bonds is 6. The van der Waals surface area contributed by atoms with Gasteiger partial charge in [-0.1, -0.05) is 23.7 Å². The summed E-state index contributed by atoms with van der Waals surface area (Å²) in [5, 5.41) is 13.3. The normalized spacial score (nSPS) is 16.6. The molecule has 0 aromatic heterocycles. The van der Waals surface area contributed by atoms with Crippen LogP contribution in [0.2, 0.25) is 5.02 Å². The van der Waals surface area contributed by atoms with Crippen LogP contribution in [0.1, 0.15) is 24.5 Å². The Morgan fingerprint density at radius 2 is 2.00 bits per heavy atom. The van der Waals surface area contributed by atoms with Gasteiger partial charge in [-0.05, 0) is 44.0 Å². The Kier molecular flexibility index (Phi) is 6.78. The SMILES string of the molecule is Cc1cccc(N2C[C@@H](C(=O)O[C@H](C)C(=O)Nc3ccc([N+](=O)[O-])cc3Cl)CC2=O)c1C. The maximum atomic E-state index is 12.6. The number of esters is 1. The summed E-state index contributed by atoms with van der Waals surface area (Å²) in [6, 6.07) is 9.24. The summed E-state index contributed by atoms with van der Waals surface area (Å²) in [5.74, 6) is -2.18. The molecule has 1 saturated heterocycles. The Bertz CT molecular complexity index is 1100. The molecule has 9 nitrogen and oxygen atoms in total. The van der Waals surface area contributed by atoms with Crippen molar-refractivity contribution in [2.24, 2.45) is 5.92 Å². The Morgan fingerprint density at radius 1 is 1.28 bits per heavy atom. The third-order valence-corrected chi connectivity index (χ3v) is 5.72. The number of carbonyl (C=O) groups is 3. The van der Waals surface area contributed by atoms with E-state index in [0.717, 1.165) is 22.9 Å². The lowest BCUT2D eigenvalue weighted by molar-refractivity contribution is -0.384. The molecule has 2 aromatic carbocycles. The first-order valence-electron chi connectivity index (χ1n) is 9.90. The van der Waals surface area contributed by atoms with Gasteiger partial charge in [0, 0.05) is 30.8 Å². The van der Waals surface area contributed by atoms with E-state index in [2.05, 4.69) is 5.32 Å². The van der Waals surface area contributed by atoms with E-state index >= 15 is 0 Å². The van der Waals surface area contributed by atoms with Crippen molar-refractivity contribution >= 4 is 46.4 Å². The van der Waals surface area contributed by atoms with Crippen LogP contribution >= 0.6 is 11.6 Å². The highest BCUT2D eigenvalue weighted by Crippen LogP contribution is 2.30.